The lowest BCUT2D eigenvalue weighted by molar-refractivity contribution is -0.0235. The van der Waals surface area contributed by atoms with E-state index in [1.165, 1.54) is 29.2 Å². The fourth-order valence-electron chi connectivity index (χ4n) is 3.39. The van der Waals surface area contributed by atoms with Crippen LogP contribution in [0.15, 0.2) is 69.8 Å². The van der Waals surface area contributed by atoms with Crippen molar-refractivity contribution < 1.29 is 18.3 Å². The second-order valence-electron chi connectivity index (χ2n) is 7.52. The number of azide groups is 1. The highest BCUT2D eigenvalue weighted by atomic mass is 31.2. The second-order valence-corrected chi connectivity index (χ2v) is 9.18. The van der Waals surface area contributed by atoms with Crippen LogP contribution >= 0.6 is 7.75 Å². The maximum absolute atomic E-state index is 13.6. The van der Waals surface area contributed by atoms with Gasteiger partial charge in [-0.25, -0.2) is 14.3 Å². The van der Waals surface area contributed by atoms with Gasteiger partial charge in [-0.15, -0.1) is 0 Å². The first-order valence-corrected chi connectivity index (χ1v) is 12.0. The van der Waals surface area contributed by atoms with Gasteiger partial charge < -0.3 is 9.26 Å². The Morgan fingerprint density at radius 1 is 1.34 bits per heavy atom. The Labute approximate surface area is 198 Å². The fourth-order valence-corrected chi connectivity index (χ4v) is 4.70. The van der Waals surface area contributed by atoms with E-state index in [-0.39, 0.29) is 18.9 Å². The van der Waals surface area contributed by atoms with Gasteiger partial charge in [0.15, 0.2) is 0 Å². The van der Waals surface area contributed by atoms with Gasteiger partial charge in [0.2, 0.25) is 5.88 Å². The first-order valence-electron chi connectivity index (χ1n) is 10.4. The molecule has 3 aromatic rings. The third-order valence-electron chi connectivity index (χ3n) is 5.05. The van der Waals surface area contributed by atoms with Crippen molar-refractivity contribution in [3.8, 4) is 5.88 Å². The van der Waals surface area contributed by atoms with E-state index in [4.69, 9.17) is 19.3 Å². The van der Waals surface area contributed by atoms with E-state index in [0.717, 1.165) is 0 Å². The summed E-state index contributed by atoms with van der Waals surface area (Å²) in [6.45, 7) is 1.24. The molecule has 0 amide bonds. The maximum atomic E-state index is 13.6. The van der Waals surface area contributed by atoms with Crippen molar-refractivity contribution in [3.05, 3.63) is 92.0 Å². The number of aromatic amines is 1. The van der Waals surface area contributed by atoms with Crippen LogP contribution in [0.1, 0.15) is 18.2 Å². The molecular weight excluding hydrogens is 479 g/mol. The molecule has 0 aliphatic carbocycles. The van der Waals surface area contributed by atoms with Crippen molar-refractivity contribution in [2.75, 3.05) is 11.7 Å². The van der Waals surface area contributed by atoms with Gasteiger partial charge in [-0.1, -0.05) is 11.2 Å². The first-order chi connectivity index (χ1) is 16.9. The summed E-state index contributed by atoms with van der Waals surface area (Å²) in [5, 5.41) is 6.43. The Hall–Kier alpha value is -3.96. The minimum Gasteiger partial charge on any atom is -0.391 e. The van der Waals surface area contributed by atoms with E-state index in [0.29, 0.717) is 11.3 Å². The molecule has 3 aromatic heterocycles. The number of nitrogens with zero attached hydrogens (tertiary/aromatic N) is 6. The monoisotopic (exact) mass is 500 g/mol. The molecule has 0 spiro atoms. The Morgan fingerprint density at radius 2 is 2.20 bits per heavy atom. The molecule has 2 N–H and O–H groups in total. The van der Waals surface area contributed by atoms with Crippen molar-refractivity contribution in [2.24, 2.45) is 5.11 Å². The Morgan fingerprint density at radius 3 is 2.91 bits per heavy atom. The average molecular weight is 500 g/mol. The molecule has 1 saturated heterocycles. The third kappa shape index (κ3) is 5.94. The van der Waals surface area contributed by atoms with Crippen LogP contribution in [0, 0.1) is 6.92 Å². The minimum absolute atomic E-state index is 0.0549. The van der Waals surface area contributed by atoms with Crippen molar-refractivity contribution >= 4 is 13.4 Å². The van der Waals surface area contributed by atoms with Gasteiger partial charge >= 0.3 is 13.4 Å². The summed E-state index contributed by atoms with van der Waals surface area (Å²) in [5.74, 6) is 0.0549. The fraction of sp³-hybridized carbons (Fsp3) is 0.300. The lowest BCUT2D eigenvalue weighted by Crippen LogP contribution is -2.33. The zero-order valence-corrected chi connectivity index (χ0v) is 19.3. The highest BCUT2D eigenvalue weighted by Gasteiger charge is 2.39. The second kappa shape index (κ2) is 10.5. The molecule has 1 fully saturated rings. The number of anilines is 1. The number of hydrogen-bond acceptors (Lipinski definition) is 9. The van der Waals surface area contributed by atoms with E-state index < -0.39 is 37.4 Å². The largest absolute Gasteiger partial charge is 0.487 e. The molecule has 1 unspecified atom stereocenters. The number of aromatic nitrogens is 4. The van der Waals surface area contributed by atoms with Gasteiger partial charge in [-0.3, -0.25) is 28.9 Å². The first kappa shape index (κ1) is 24.2. The molecule has 4 rings (SSSR count). The predicted octanol–water partition coefficient (Wildman–Crippen LogP) is 2.92. The molecule has 15 heteroatoms. The van der Waals surface area contributed by atoms with Gasteiger partial charge in [0, 0.05) is 41.6 Å². The van der Waals surface area contributed by atoms with Crippen molar-refractivity contribution in [2.45, 2.75) is 31.7 Å². The molecule has 1 aliphatic rings. The molecule has 182 valence electrons. The van der Waals surface area contributed by atoms with E-state index in [9.17, 15) is 14.2 Å². The third-order valence-corrected chi connectivity index (χ3v) is 6.50. The quantitative estimate of drug-likeness (QED) is 0.193. The maximum Gasteiger partial charge on any atom is 0.487 e. The summed E-state index contributed by atoms with van der Waals surface area (Å²) in [5.41, 5.74) is 8.49. The Bertz CT molecular complexity index is 1330. The zero-order chi connectivity index (χ0) is 24.8. The molecule has 4 heterocycles. The summed E-state index contributed by atoms with van der Waals surface area (Å²) in [4.78, 5) is 37.0. The molecule has 0 radical (unpaired) electrons. The Kier molecular flexibility index (Phi) is 7.28. The van der Waals surface area contributed by atoms with Gasteiger partial charge in [-0.05, 0) is 30.7 Å². The van der Waals surface area contributed by atoms with Gasteiger partial charge in [0.25, 0.3) is 5.56 Å². The number of pyridine rings is 2. The topological polar surface area (TPSA) is 186 Å². The number of rotatable bonds is 9. The average Bonchev–Trinajstić information content (AvgIpc) is 3.24. The van der Waals surface area contributed by atoms with E-state index in [1.807, 2.05) is 0 Å². The number of hydrogen-bond donors (Lipinski definition) is 2. The molecule has 4 atom stereocenters. The van der Waals surface area contributed by atoms with Gasteiger partial charge in [0.1, 0.15) is 6.23 Å². The van der Waals surface area contributed by atoms with Crippen LogP contribution in [-0.2, 0) is 13.8 Å². The van der Waals surface area contributed by atoms with Crippen LogP contribution < -0.4 is 20.9 Å². The van der Waals surface area contributed by atoms with Crippen LogP contribution in [0.4, 0.5) is 5.69 Å². The number of aryl methyl sites for hydroxylation is 1. The molecule has 0 saturated carbocycles. The molecule has 1 aliphatic heterocycles. The minimum atomic E-state index is -4.06. The van der Waals surface area contributed by atoms with Crippen molar-refractivity contribution in [1.29, 1.82) is 0 Å². The van der Waals surface area contributed by atoms with Crippen LogP contribution in [0.5, 0.6) is 5.88 Å². The summed E-state index contributed by atoms with van der Waals surface area (Å²) >= 11 is 0. The van der Waals surface area contributed by atoms with Crippen LogP contribution in [-0.4, -0.2) is 38.3 Å². The summed E-state index contributed by atoms with van der Waals surface area (Å²) < 4.78 is 31.9. The molecule has 0 aromatic carbocycles. The van der Waals surface area contributed by atoms with Crippen molar-refractivity contribution in [3.63, 3.8) is 0 Å². The van der Waals surface area contributed by atoms with Crippen molar-refractivity contribution in [1.82, 2.24) is 19.5 Å². The summed E-state index contributed by atoms with van der Waals surface area (Å²) in [6.07, 6.45) is 4.24. The Balaban J connectivity index is 1.55. The lowest BCUT2D eigenvalue weighted by atomic mass is 10.1. The molecule has 14 nitrogen and oxygen atoms in total. The summed E-state index contributed by atoms with van der Waals surface area (Å²) in [7, 11) is -4.06. The van der Waals surface area contributed by atoms with Gasteiger partial charge in [-0.2, -0.15) is 0 Å². The van der Waals surface area contributed by atoms with Crippen LogP contribution in [0.3, 0.4) is 0 Å². The van der Waals surface area contributed by atoms with E-state index in [2.05, 4.69) is 30.1 Å². The van der Waals surface area contributed by atoms with E-state index in [1.54, 1.807) is 37.4 Å². The normalized spacial score (nSPS) is 21.0. The standard InChI is InChI=1S/C20H21N8O6P/c1-13-11-28(20(30)24-19(13)29)18-9-15(25-27-21)16(33-18)12-32-35(31,26-14-5-4-7-22-10-14)34-17-6-2-3-8-23-17/h2-8,10-11,15-16,18H,9,12H2,1H3,(H,26,31)(H,24,29,30)/t15-,16+,18+,35?/m0/s1. The lowest BCUT2D eigenvalue weighted by Gasteiger charge is -2.22. The number of H-pyrrole nitrogens is 1. The predicted molar refractivity (Wildman–Crippen MR) is 124 cm³/mol. The summed E-state index contributed by atoms with van der Waals surface area (Å²) in [6, 6.07) is 7.36. The molecule has 35 heavy (non-hydrogen) atoms. The number of nitrogens with one attached hydrogen (secondary N) is 2. The molecule has 0 bridgehead atoms. The molecular formula is C20H21N8O6P. The zero-order valence-electron chi connectivity index (χ0n) is 18.4. The highest BCUT2D eigenvalue weighted by Crippen LogP contribution is 2.48. The smallest absolute Gasteiger partial charge is 0.391 e. The highest BCUT2D eigenvalue weighted by molar-refractivity contribution is 7.55. The van der Waals surface area contributed by atoms with Crippen LogP contribution in [0.25, 0.3) is 10.4 Å². The number of ether oxygens (including phenoxy) is 1. The van der Waals surface area contributed by atoms with Gasteiger partial charge in [0.05, 0.1) is 30.6 Å². The van der Waals surface area contributed by atoms with E-state index >= 15 is 0 Å². The SMILES string of the molecule is Cc1cn([C@H]2C[C@H](N=[N+]=[N-])[C@@H](COP(=O)(Nc3cccnc3)Oc3ccccn3)O2)c(=O)[nH]c1=O. The van der Waals surface area contributed by atoms with Crippen LogP contribution in [0.2, 0.25) is 0 Å².